The molecule has 1 aliphatic heterocycles. The average Bonchev–Trinajstić information content (AvgIpc) is 3.14. The zero-order valence-corrected chi connectivity index (χ0v) is 15.9. The summed E-state index contributed by atoms with van der Waals surface area (Å²) in [5.74, 6) is -0.296. The van der Waals surface area contributed by atoms with Crippen molar-refractivity contribution in [1.82, 2.24) is 14.9 Å². The quantitative estimate of drug-likeness (QED) is 0.689. The lowest BCUT2D eigenvalue weighted by Gasteiger charge is -2.33. The Bertz CT molecular complexity index is 1050. The van der Waals surface area contributed by atoms with E-state index in [4.69, 9.17) is 5.11 Å². The average molecular weight is 395 g/mol. The van der Waals surface area contributed by atoms with Gasteiger partial charge in [0.2, 0.25) is 5.91 Å². The van der Waals surface area contributed by atoms with Gasteiger partial charge in [-0.3, -0.25) is 4.79 Å². The lowest BCUT2D eigenvalue weighted by Crippen LogP contribution is -2.39. The number of halogens is 1. The highest BCUT2D eigenvalue weighted by Gasteiger charge is 2.25. The van der Waals surface area contributed by atoms with Crippen LogP contribution in [-0.2, 0) is 11.2 Å². The number of imidazole rings is 1. The van der Waals surface area contributed by atoms with Crippen LogP contribution in [0.15, 0.2) is 42.5 Å². The molecule has 2 heterocycles. The van der Waals surface area contributed by atoms with Crippen molar-refractivity contribution >= 4 is 22.9 Å². The van der Waals surface area contributed by atoms with Crippen molar-refractivity contribution in [3.05, 3.63) is 65.2 Å². The van der Waals surface area contributed by atoms with E-state index in [2.05, 4.69) is 9.97 Å². The molecule has 0 radical (unpaired) electrons. The van der Waals surface area contributed by atoms with Gasteiger partial charge in [-0.2, -0.15) is 0 Å². The standard InChI is InChI=1S/C22H22FN3O3/c23-17-7-8-18-19(12-17)25-20(24-18)9-10-21(27)26-11-1-2-16(13-26)14-3-5-15(6-4-14)22(28)29/h3-8,12,16H,1-2,9-11,13H2,(H,24,25)(H,28,29). The summed E-state index contributed by atoms with van der Waals surface area (Å²) in [6.45, 7) is 1.37. The van der Waals surface area contributed by atoms with E-state index in [9.17, 15) is 14.0 Å². The largest absolute Gasteiger partial charge is 0.478 e. The van der Waals surface area contributed by atoms with Crippen molar-refractivity contribution in [2.45, 2.75) is 31.6 Å². The number of fused-ring (bicyclic) bond motifs is 1. The number of hydrogen-bond donors (Lipinski definition) is 2. The van der Waals surface area contributed by atoms with E-state index < -0.39 is 5.97 Å². The monoisotopic (exact) mass is 395 g/mol. The summed E-state index contributed by atoms with van der Waals surface area (Å²) >= 11 is 0. The predicted octanol–water partition coefficient (Wildman–Crippen LogP) is 3.74. The van der Waals surface area contributed by atoms with Gasteiger partial charge in [0.1, 0.15) is 11.6 Å². The summed E-state index contributed by atoms with van der Waals surface area (Å²) < 4.78 is 13.3. The molecule has 1 saturated heterocycles. The highest BCUT2D eigenvalue weighted by Crippen LogP contribution is 2.27. The number of carbonyl (C=O) groups excluding carboxylic acids is 1. The van der Waals surface area contributed by atoms with Crippen LogP contribution >= 0.6 is 0 Å². The normalized spacial score (nSPS) is 16.9. The van der Waals surface area contributed by atoms with E-state index >= 15 is 0 Å². The van der Waals surface area contributed by atoms with Gasteiger partial charge in [0.05, 0.1) is 16.6 Å². The first-order chi connectivity index (χ1) is 14.0. The van der Waals surface area contributed by atoms with Crippen LogP contribution in [0.4, 0.5) is 4.39 Å². The number of carbonyl (C=O) groups is 2. The molecule has 0 spiro atoms. The molecule has 1 aromatic heterocycles. The SMILES string of the molecule is O=C(O)c1ccc(C2CCCN(C(=O)CCc3nc4ccc(F)cc4[nH]3)C2)cc1. The maximum atomic E-state index is 13.3. The minimum Gasteiger partial charge on any atom is -0.478 e. The number of aromatic nitrogens is 2. The molecule has 0 saturated carbocycles. The predicted molar refractivity (Wildman–Crippen MR) is 106 cm³/mol. The Morgan fingerprint density at radius 3 is 2.76 bits per heavy atom. The first kappa shape index (κ1) is 19.1. The van der Waals surface area contributed by atoms with E-state index in [0.717, 1.165) is 24.9 Å². The second kappa shape index (κ2) is 8.03. The molecule has 2 aromatic carbocycles. The van der Waals surface area contributed by atoms with E-state index in [-0.39, 0.29) is 23.2 Å². The van der Waals surface area contributed by atoms with Crippen LogP contribution in [0.2, 0.25) is 0 Å². The lowest BCUT2D eigenvalue weighted by atomic mass is 9.90. The minimum atomic E-state index is -0.940. The van der Waals surface area contributed by atoms with E-state index in [1.807, 2.05) is 17.0 Å². The highest BCUT2D eigenvalue weighted by molar-refractivity contribution is 5.87. The summed E-state index contributed by atoms with van der Waals surface area (Å²) in [6, 6.07) is 11.3. The fourth-order valence-corrected chi connectivity index (χ4v) is 3.91. The number of H-pyrrole nitrogens is 1. The number of amides is 1. The van der Waals surface area contributed by atoms with Crippen LogP contribution in [0.25, 0.3) is 11.0 Å². The van der Waals surface area contributed by atoms with E-state index in [0.29, 0.717) is 36.2 Å². The van der Waals surface area contributed by atoms with Gasteiger partial charge in [-0.1, -0.05) is 12.1 Å². The molecule has 0 bridgehead atoms. The highest BCUT2D eigenvalue weighted by atomic mass is 19.1. The number of carboxylic acid groups (broad SMARTS) is 1. The number of hydrogen-bond acceptors (Lipinski definition) is 3. The Hall–Kier alpha value is -3.22. The van der Waals surface area contributed by atoms with E-state index in [1.165, 1.54) is 12.1 Å². The molecule has 0 aliphatic carbocycles. The van der Waals surface area contributed by atoms with Gasteiger partial charge in [0.15, 0.2) is 0 Å². The van der Waals surface area contributed by atoms with Gasteiger partial charge in [-0.05, 0) is 48.7 Å². The van der Waals surface area contributed by atoms with Crippen molar-refractivity contribution in [1.29, 1.82) is 0 Å². The Morgan fingerprint density at radius 1 is 1.21 bits per heavy atom. The molecule has 1 aliphatic rings. The van der Waals surface area contributed by atoms with Gasteiger partial charge in [0.25, 0.3) is 0 Å². The molecule has 1 amide bonds. The van der Waals surface area contributed by atoms with E-state index in [1.54, 1.807) is 18.2 Å². The third kappa shape index (κ3) is 4.29. The smallest absolute Gasteiger partial charge is 0.335 e. The number of aromatic carboxylic acids is 1. The summed E-state index contributed by atoms with van der Waals surface area (Å²) in [7, 11) is 0. The molecule has 3 aromatic rings. The van der Waals surface area contributed by atoms with Crippen LogP contribution < -0.4 is 0 Å². The molecular formula is C22H22FN3O3. The van der Waals surface area contributed by atoms with Crippen molar-refractivity contribution in [2.24, 2.45) is 0 Å². The van der Waals surface area contributed by atoms with Crippen molar-refractivity contribution < 1.29 is 19.1 Å². The molecule has 29 heavy (non-hydrogen) atoms. The number of aromatic amines is 1. The van der Waals surface area contributed by atoms with Gasteiger partial charge < -0.3 is 15.0 Å². The second-order valence-corrected chi connectivity index (χ2v) is 7.45. The number of aryl methyl sites for hydroxylation is 1. The Balaban J connectivity index is 1.37. The minimum absolute atomic E-state index is 0.0727. The number of nitrogens with one attached hydrogen (secondary N) is 1. The number of rotatable bonds is 5. The molecule has 6 nitrogen and oxygen atoms in total. The van der Waals surface area contributed by atoms with Crippen molar-refractivity contribution in [3.63, 3.8) is 0 Å². The molecule has 150 valence electrons. The third-order valence-corrected chi connectivity index (χ3v) is 5.47. The maximum absolute atomic E-state index is 13.3. The van der Waals surface area contributed by atoms with Crippen LogP contribution in [0.1, 0.15) is 46.9 Å². The van der Waals surface area contributed by atoms with Crippen LogP contribution in [-0.4, -0.2) is 44.9 Å². The lowest BCUT2D eigenvalue weighted by molar-refractivity contribution is -0.132. The van der Waals surface area contributed by atoms with Gasteiger partial charge >= 0.3 is 5.97 Å². The second-order valence-electron chi connectivity index (χ2n) is 7.45. The number of piperidine rings is 1. The molecule has 1 fully saturated rings. The van der Waals surface area contributed by atoms with Gasteiger partial charge in [-0.25, -0.2) is 14.2 Å². The number of carboxylic acids is 1. The van der Waals surface area contributed by atoms with Crippen LogP contribution in [0, 0.1) is 5.82 Å². The first-order valence-corrected chi connectivity index (χ1v) is 9.75. The summed E-state index contributed by atoms with van der Waals surface area (Å²) in [5, 5.41) is 9.03. The molecular weight excluding hydrogens is 373 g/mol. The molecule has 7 heteroatoms. The summed E-state index contributed by atoms with van der Waals surface area (Å²) in [5.41, 5.74) is 2.65. The zero-order valence-electron chi connectivity index (χ0n) is 15.9. The number of nitrogens with zero attached hydrogens (tertiary/aromatic N) is 2. The Morgan fingerprint density at radius 2 is 2.00 bits per heavy atom. The van der Waals surface area contributed by atoms with Gasteiger partial charge in [-0.15, -0.1) is 0 Å². The van der Waals surface area contributed by atoms with Crippen LogP contribution in [0.5, 0.6) is 0 Å². The maximum Gasteiger partial charge on any atom is 0.335 e. The zero-order chi connectivity index (χ0) is 20.4. The fraction of sp³-hybridized carbons (Fsp3) is 0.318. The first-order valence-electron chi connectivity index (χ1n) is 9.75. The summed E-state index contributed by atoms with van der Waals surface area (Å²) in [6.07, 6.45) is 2.71. The number of benzene rings is 2. The summed E-state index contributed by atoms with van der Waals surface area (Å²) in [4.78, 5) is 33.1. The van der Waals surface area contributed by atoms with Gasteiger partial charge in [0, 0.05) is 31.8 Å². The topological polar surface area (TPSA) is 86.3 Å². The van der Waals surface area contributed by atoms with Crippen molar-refractivity contribution in [3.8, 4) is 0 Å². The fourth-order valence-electron chi connectivity index (χ4n) is 3.91. The number of likely N-dealkylation sites (tertiary alicyclic amines) is 1. The van der Waals surface area contributed by atoms with Crippen LogP contribution in [0.3, 0.4) is 0 Å². The van der Waals surface area contributed by atoms with Crippen molar-refractivity contribution in [2.75, 3.05) is 13.1 Å². The molecule has 2 N–H and O–H groups in total. The molecule has 1 atom stereocenters. The molecule has 4 rings (SSSR count). The Kier molecular flexibility index (Phi) is 5.29. The third-order valence-electron chi connectivity index (χ3n) is 5.47. The Labute approximate surface area is 167 Å². The molecule has 1 unspecified atom stereocenters.